The number of likely N-dealkylation sites (tertiary alicyclic amines) is 2. The highest BCUT2D eigenvalue weighted by atomic mass is 16.2. The van der Waals surface area contributed by atoms with E-state index in [9.17, 15) is 14.4 Å². The number of amides is 3. The maximum Gasteiger partial charge on any atom is 0.227 e. The van der Waals surface area contributed by atoms with Crippen molar-refractivity contribution in [2.75, 3.05) is 45.8 Å². The van der Waals surface area contributed by atoms with E-state index < -0.39 is 0 Å². The first kappa shape index (κ1) is 18.7. The molecule has 0 spiro atoms. The van der Waals surface area contributed by atoms with Gasteiger partial charge in [-0.3, -0.25) is 19.3 Å². The molecule has 4 fully saturated rings. The van der Waals surface area contributed by atoms with Crippen LogP contribution in [-0.2, 0) is 14.4 Å². The highest BCUT2D eigenvalue weighted by Gasteiger charge is 2.37. The van der Waals surface area contributed by atoms with Crippen molar-refractivity contribution < 1.29 is 14.4 Å². The van der Waals surface area contributed by atoms with Gasteiger partial charge in [0.1, 0.15) is 0 Å². The summed E-state index contributed by atoms with van der Waals surface area (Å²) in [6.07, 6.45) is 6.63. The number of piperidine rings is 2. The first-order valence-corrected chi connectivity index (χ1v) is 10.7. The van der Waals surface area contributed by atoms with Gasteiger partial charge in [0, 0.05) is 57.6 Å². The third-order valence-electron chi connectivity index (χ3n) is 6.65. The van der Waals surface area contributed by atoms with Crippen molar-refractivity contribution in [3.63, 3.8) is 0 Å². The zero-order valence-electron chi connectivity index (χ0n) is 16.2. The molecule has 27 heavy (non-hydrogen) atoms. The van der Waals surface area contributed by atoms with Crippen LogP contribution in [0.1, 0.15) is 44.9 Å². The molecule has 3 saturated heterocycles. The van der Waals surface area contributed by atoms with Crippen LogP contribution in [-0.4, -0.2) is 84.3 Å². The average Bonchev–Trinajstić information content (AvgIpc) is 3.55. The lowest BCUT2D eigenvalue weighted by molar-refractivity contribution is -0.137. The molecule has 0 aromatic heterocycles. The van der Waals surface area contributed by atoms with Crippen molar-refractivity contribution in [3.05, 3.63) is 0 Å². The Hall–Kier alpha value is -1.63. The van der Waals surface area contributed by atoms with Crippen molar-refractivity contribution in [1.82, 2.24) is 20.0 Å². The Morgan fingerprint density at radius 2 is 1.52 bits per heavy atom. The molecule has 3 amide bonds. The third kappa shape index (κ3) is 4.45. The van der Waals surface area contributed by atoms with Gasteiger partial charge in [-0.15, -0.1) is 0 Å². The lowest BCUT2D eigenvalue weighted by Gasteiger charge is -2.42. The quantitative estimate of drug-likeness (QED) is 0.776. The minimum atomic E-state index is 0.0445. The lowest BCUT2D eigenvalue weighted by atomic mass is 9.92. The van der Waals surface area contributed by atoms with Crippen molar-refractivity contribution in [3.8, 4) is 0 Å². The van der Waals surface area contributed by atoms with Gasteiger partial charge < -0.3 is 15.1 Å². The summed E-state index contributed by atoms with van der Waals surface area (Å²) >= 11 is 0. The molecular formula is C20H32N4O3. The van der Waals surface area contributed by atoms with Crippen LogP contribution in [0.15, 0.2) is 0 Å². The van der Waals surface area contributed by atoms with Gasteiger partial charge in [-0.2, -0.15) is 0 Å². The summed E-state index contributed by atoms with van der Waals surface area (Å²) in [4.78, 5) is 43.2. The fraction of sp³-hybridized carbons (Fsp3) is 0.850. The van der Waals surface area contributed by atoms with Crippen LogP contribution < -0.4 is 5.32 Å². The second-order valence-electron chi connectivity index (χ2n) is 8.59. The van der Waals surface area contributed by atoms with Gasteiger partial charge in [0.2, 0.25) is 17.7 Å². The number of hydrogen-bond donors (Lipinski definition) is 1. The minimum Gasteiger partial charge on any atom is -0.354 e. The van der Waals surface area contributed by atoms with Gasteiger partial charge in [-0.1, -0.05) is 0 Å². The van der Waals surface area contributed by atoms with Crippen molar-refractivity contribution in [1.29, 1.82) is 0 Å². The van der Waals surface area contributed by atoms with E-state index in [4.69, 9.17) is 0 Å². The molecule has 1 atom stereocenters. The number of carbonyl (C=O) groups is 3. The largest absolute Gasteiger partial charge is 0.354 e. The summed E-state index contributed by atoms with van der Waals surface area (Å²) in [5.41, 5.74) is 0. The maximum atomic E-state index is 13.0. The maximum absolute atomic E-state index is 13.0. The molecule has 0 radical (unpaired) electrons. The Bertz CT molecular complexity index is 584. The summed E-state index contributed by atoms with van der Waals surface area (Å²) in [5, 5.41) is 2.84. The topological polar surface area (TPSA) is 73.0 Å². The van der Waals surface area contributed by atoms with Gasteiger partial charge in [-0.05, 0) is 45.1 Å². The predicted molar refractivity (Wildman–Crippen MR) is 101 cm³/mol. The molecule has 0 bridgehead atoms. The summed E-state index contributed by atoms with van der Waals surface area (Å²) in [7, 11) is 0. The van der Waals surface area contributed by atoms with Crippen LogP contribution in [0.3, 0.4) is 0 Å². The molecule has 0 aromatic carbocycles. The zero-order valence-corrected chi connectivity index (χ0v) is 16.2. The van der Waals surface area contributed by atoms with E-state index in [1.54, 1.807) is 0 Å². The van der Waals surface area contributed by atoms with Crippen LogP contribution >= 0.6 is 0 Å². The molecule has 150 valence electrons. The second kappa shape index (κ2) is 8.17. The number of nitrogens with zero attached hydrogens (tertiary/aromatic N) is 3. The van der Waals surface area contributed by atoms with E-state index in [2.05, 4.69) is 15.1 Å². The Labute approximate surface area is 161 Å². The van der Waals surface area contributed by atoms with Crippen LogP contribution in [0.2, 0.25) is 0 Å². The monoisotopic (exact) mass is 376 g/mol. The fourth-order valence-electron chi connectivity index (χ4n) is 4.83. The number of nitrogens with one attached hydrogen (secondary N) is 1. The average molecular weight is 377 g/mol. The summed E-state index contributed by atoms with van der Waals surface area (Å²) in [5.74, 6) is 0.997. The highest BCUT2D eigenvalue weighted by molar-refractivity contribution is 5.82. The first-order valence-electron chi connectivity index (χ1n) is 10.7. The summed E-state index contributed by atoms with van der Waals surface area (Å²) < 4.78 is 0. The summed E-state index contributed by atoms with van der Waals surface area (Å²) in [6.45, 7) is 5.37. The van der Waals surface area contributed by atoms with Crippen molar-refractivity contribution in [2.45, 2.75) is 51.0 Å². The van der Waals surface area contributed by atoms with E-state index in [0.29, 0.717) is 43.9 Å². The van der Waals surface area contributed by atoms with E-state index in [-0.39, 0.29) is 17.7 Å². The second-order valence-corrected chi connectivity index (χ2v) is 8.59. The van der Waals surface area contributed by atoms with Crippen LogP contribution in [0, 0.1) is 11.8 Å². The highest BCUT2D eigenvalue weighted by Crippen LogP contribution is 2.32. The van der Waals surface area contributed by atoms with E-state index in [1.165, 1.54) is 0 Å². The van der Waals surface area contributed by atoms with Gasteiger partial charge in [-0.25, -0.2) is 0 Å². The van der Waals surface area contributed by atoms with E-state index >= 15 is 0 Å². The SMILES string of the molecule is O=C1CCN(C(=O)[C@H]2CCCN(C3CCN(C(=O)C4CC4)CC3)C2)CCN1. The Morgan fingerprint density at radius 1 is 0.815 bits per heavy atom. The van der Waals surface area contributed by atoms with Crippen LogP contribution in [0.25, 0.3) is 0 Å². The number of carbonyl (C=O) groups excluding carboxylic acids is 3. The molecule has 4 aliphatic rings. The Morgan fingerprint density at radius 3 is 2.26 bits per heavy atom. The van der Waals surface area contributed by atoms with E-state index in [0.717, 1.165) is 64.7 Å². The molecule has 7 nitrogen and oxygen atoms in total. The first-order chi connectivity index (χ1) is 13.1. The lowest BCUT2D eigenvalue weighted by Crippen LogP contribution is -2.52. The molecule has 3 heterocycles. The van der Waals surface area contributed by atoms with Gasteiger partial charge in [0.25, 0.3) is 0 Å². The third-order valence-corrected chi connectivity index (χ3v) is 6.65. The van der Waals surface area contributed by atoms with Crippen LogP contribution in [0.4, 0.5) is 0 Å². The summed E-state index contributed by atoms with van der Waals surface area (Å²) in [6, 6.07) is 0.497. The molecule has 3 aliphatic heterocycles. The van der Waals surface area contributed by atoms with Gasteiger partial charge in [0.15, 0.2) is 0 Å². The smallest absolute Gasteiger partial charge is 0.227 e. The molecule has 4 rings (SSSR count). The Kier molecular flexibility index (Phi) is 5.66. The van der Waals surface area contributed by atoms with Crippen LogP contribution in [0.5, 0.6) is 0 Å². The van der Waals surface area contributed by atoms with Crippen molar-refractivity contribution >= 4 is 17.7 Å². The predicted octanol–water partition coefficient (Wildman–Crippen LogP) is 0.448. The standard InChI is InChI=1S/C20H32N4O3/c25-18-7-12-23(13-8-21-18)20(27)16-2-1-9-24(14-16)17-5-10-22(11-6-17)19(26)15-3-4-15/h15-17H,1-14H2,(H,21,25)/t16-/m0/s1. The normalized spacial score (nSPS) is 28.6. The molecule has 7 heteroatoms. The van der Waals surface area contributed by atoms with Crippen molar-refractivity contribution in [2.24, 2.45) is 11.8 Å². The molecular weight excluding hydrogens is 344 g/mol. The molecule has 1 aliphatic carbocycles. The number of rotatable bonds is 3. The Balaban J connectivity index is 1.28. The minimum absolute atomic E-state index is 0.0445. The molecule has 0 aromatic rings. The molecule has 1 N–H and O–H groups in total. The fourth-order valence-corrected chi connectivity index (χ4v) is 4.83. The molecule has 0 unspecified atom stereocenters. The van der Waals surface area contributed by atoms with Gasteiger partial charge >= 0.3 is 0 Å². The molecule has 1 saturated carbocycles. The van der Waals surface area contributed by atoms with E-state index in [1.807, 2.05) is 4.90 Å². The van der Waals surface area contributed by atoms with Gasteiger partial charge in [0.05, 0.1) is 5.92 Å². The number of hydrogen-bond acceptors (Lipinski definition) is 4. The zero-order chi connectivity index (χ0) is 18.8.